The van der Waals surface area contributed by atoms with Crippen molar-refractivity contribution in [1.29, 1.82) is 0 Å². The Morgan fingerprint density at radius 3 is 2.34 bits per heavy atom. The second-order valence-electron chi connectivity index (χ2n) is 7.96. The molecule has 1 saturated carbocycles. The van der Waals surface area contributed by atoms with Crippen LogP contribution >= 0.6 is 15.9 Å². The van der Waals surface area contributed by atoms with Crippen LogP contribution in [0.1, 0.15) is 68.6 Å². The Balaban J connectivity index is 1.67. The summed E-state index contributed by atoms with van der Waals surface area (Å²) < 4.78 is 13.1. The molecular weight excluding hydrogens is 426 g/mol. The van der Waals surface area contributed by atoms with Crippen molar-refractivity contribution in [3.05, 3.63) is 57.6 Å². The van der Waals surface area contributed by atoms with Gasteiger partial charge in [0.15, 0.2) is 11.5 Å². The molecule has 1 N–H and O–H groups in total. The topological polar surface area (TPSA) is 30.5 Å². The van der Waals surface area contributed by atoms with Crippen LogP contribution in [0, 0.1) is 6.92 Å². The third kappa shape index (κ3) is 6.75. The fourth-order valence-electron chi connectivity index (χ4n) is 3.94. The van der Waals surface area contributed by atoms with Gasteiger partial charge in [-0.1, -0.05) is 72.3 Å². The van der Waals surface area contributed by atoms with E-state index in [0.29, 0.717) is 19.3 Å². The van der Waals surface area contributed by atoms with Crippen molar-refractivity contribution in [2.24, 2.45) is 0 Å². The lowest BCUT2D eigenvalue weighted by Crippen LogP contribution is -2.29. The van der Waals surface area contributed by atoms with E-state index in [4.69, 9.17) is 9.47 Å². The average molecular weight is 460 g/mol. The molecule has 0 radical (unpaired) electrons. The van der Waals surface area contributed by atoms with E-state index in [2.05, 4.69) is 64.6 Å². The molecule has 0 amide bonds. The van der Waals surface area contributed by atoms with E-state index < -0.39 is 0 Å². The minimum absolute atomic E-state index is 0.541. The first-order valence-electron chi connectivity index (χ1n) is 11.0. The van der Waals surface area contributed by atoms with Gasteiger partial charge in [-0.25, -0.2) is 0 Å². The Hall–Kier alpha value is -1.52. The molecule has 0 atom stereocenters. The summed E-state index contributed by atoms with van der Waals surface area (Å²) in [6.45, 7) is 6.14. The van der Waals surface area contributed by atoms with Crippen molar-refractivity contribution in [2.75, 3.05) is 6.61 Å². The minimum atomic E-state index is 0.541. The summed E-state index contributed by atoms with van der Waals surface area (Å²) in [5.41, 5.74) is 3.66. The molecule has 2 aromatic carbocycles. The zero-order valence-electron chi connectivity index (χ0n) is 17.8. The highest BCUT2D eigenvalue weighted by atomic mass is 79.9. The number of aryl methyl sites for hydroxylation is 1. The van der Waals surface area contributed by atoms with Gasteiger partial charge in [-0.3, -0.25) is 0 Å². The van der Waals surface area contributed by atoms with Crippen molar-refractivity contribution in [2.45, 2.75) is 78.0 Å². The molecule has 2 aromatic rings. The summed E-state index contributed by atoms with van der Waals surface area (Å²) in [6, 6.07) is 13.1. The molecule has 1 fully saturated rings. The Kier molecular flexibility index (Phi) is 8.88. The normalized spacial score (nSPS) is 15.6. The van der Waals surface area contributed by atoms with E-state index in [1.807, 2.05) is 6.92 Å². The predicted octanol–water partition coefficient (Wildman–Crippen LogP) is 6.94. The first kappa shape index (κ1) is 22.2. The van der Waals surface area contributed by atoms with E-state index in [1.54, 1.807) is 0 Å². The molecule has 0 bridgehead atoms. The van der Waals surface area contributed by atoms with Gasteiger partial charge in [-0.2, -0.15) is 0 Å². The first-order chi connectivity index (χ1) is 14.2. The van der Waals surface area contributed by atoms with Crippen LogP contribution in [-0.4, -0.2) is 12.6 Å². The maximum absolute atomic E-state index is 6.14. The molecule has 4 heteroatoms. The van der Waals surface area contributed by atoms with Gasteiger partial charge < -0.3 is 14.8 Å². The van der Waals surface area contributed by atoms with E-state index >= 15 is 0 Å². The second kappa shape index (κ2) is 11.6. The van der Waals surface area contributed by atoms with E-state index in [0.717, 1.165) is 22.5 Å². The van der Waals surface area contributed by atoms with Crippen molar-refractivity contribution in [3.63, 3.8) is 0 Å². The zero-order valence-corrected chi connectivity index (χ0v) is 19.4. The van der Waals surface area contributed by atoms with E-state index in [9.17, 15) is 0 Å². The maximum Gasteiger partial charge on any atom is 0.162 e. The Morgan fingerprint density at radius 2 is 1.62 bits per heavy atom. The first-order valence-corrected chi connectivity index (χ1v) is 11.8. The van der Waals surface area contributed by atoms with Gasteiger partial charge in [0, 0.05) is 17.1 Å². The lowest BCUT2D eigenvalue weighted by atomic mass is 9.96. The molecule has 3 nitrogen and oxygen atoms in total. The molecule has 158 valence electrons. The number of rotatable bonds is 8. The lowest BCUT2D eigenvalue weighted by molar-refractivity contribution is 0.268. The van der Waals surface area contributed by atoms with Crippen molar-refractivity contribution in [1.82, 2.24) is 5.32 Å². The quantitative estimate of drug-likeness (QED) is 0.463. The highest BCUT2D eigenvalue weighted by Gasteiger charge is 2.15. The van der Waals surface area contributed by atoms with Crippen molar-refractivity contribution >= 4 is 15.9 Å². The number of hydrogen-bond acceptors (Lipinski definition) is 3. The molecule has 3 rings (SSSR count). The van der Waals surface area contributed by atoms with Crippen LogP contribution in [-0.2, 0) is 13.2 Å². The van der Waals surface area contributed by atoms with Gasteiger partial charge in [0.1, 0.15) is 6.61 Å². The molecule has 0 aromatic heterocycles. The molecule has 0 unspecified atom stereocenters. The second-order valence-corrected chi connectivity index (χ2v) is 8.82. The summed E-state index contributed by atoms with van der Waals surface area (Å²) in [4.78, 5) is 0. The molecule has 1 aliphatic rings. The van der Waals surface area contributed by atoms with Crippen molar-refractivity contribution < 1.29 is 9.47 Å². The largest absolute Gasteiger partial charge is 0.490 e. The SMILES string of the molecule is CCOc1cc(CNC2CCCCCCC2)c(Br)cc1OCc1ccccc1C. The Bertz CT molecular complexity index is 769. The highest BCUT2D eigenvalue weighted by Crippen LogP contribution is 2.35. The summed E-state index contributed by atoms with van der Waals surface area (Å²) in [6.07, 6.45) is 9.41. The number of nitrogens with one attached hydrogen (secondary N) is 1. The van der Waals surface area contributed by atoms with E-state index in [-0.39, 0.29) is 0 Å². The molecule has 0 saturated heterocycles. The van der Waals surface area contributed by atoms with E-state index in [1.165, 1.54) is 61.6 Å². The smallest absolute Gasteiger partial charge is 0.162 e. The summed E-state index contributed by atoms with van der Waals surface area (Å²) in [7, 11) is 0. The van der Waals surface area contributed by atoms with Crippen molar-refractivity contribution in [3.8, 4) is 11.5 Å². The molecule has 29 heavy (non-hydrogen) atoms. The lowest BCUT2D eigenvalue weighted by Gasteiger charge is -2.22. The maximum atomic E-state index is 6.14. The number of ether oxygens (including phenoxy) is 2. The standard InChI is InChI=1S/C25H34BrNO2/c1-3-28-24-15-21(17-27-22-13-7-5-4-6-8-14-22)23(26)16-25(24)29-18-20-12-10-9-11-19(20)2/h9-12,15-16,22,27H,3-8,13-14,17-18H2,1-2H3. The summed E-state index contributed by atoms with van der Waals surface area (Å²) in [5.74, 6) is 1.61. The molecule has 0 aliphatic heterocycles. The van der Waals surface area contributed by atoms with Gasteiger partial charge in [-0.05, 0) is 55.5 Å². The molecular formula is C25H34BrNO2. The summed E-state index contributed by atoms with van der Waals surface area (Å²) >= 11 is 3.75. The number of halogens is 1. The monoisotopic (exact) mass is 459 g/mol. The Morgan fingerprint density at radius 1 is 0.931 bits per heavy atom. The van der Waals surface area contributed by atoms with Crippen LogP contribution in [0.2, 0.25) is 0 Å². The molecule has 0 heterocycles. The molecule has 1 aliphatic carbocycles. The highest BCUT2D eigenvalue weighted by molar-refractivity contribution is 9.10. The zero-order chi connectivity index (χ0) is 20.5. The van der Waals surface area contributed by atoms with Crippen LogP contribution in [0.3, 0.4) is 0 Å². The fraction of sp³-hybridized carbons (Fsp3) is 0.520. The summed E-state index contributed by atoms with van der Waals surface area (Å²) in [5, 5.41) is 3.77. The van der Waals surface area contributed by atoms with Crippen LogP contribution in [0.4, 0.5) is 0 Å². The fourth-order valence-corrected chi connectivity index (χ4v) is 4.40. The molecule has 0 spiro atoms. The number of benzene rings is 2. The average Bonchev–Trinajstić information content (AvgIpc) is 2.69. The van der Waals surface area contributed by atoms with Gasteiger partial charge >= 0.3 is 0 Å². The third-order valence-electron chi connectivity index (χ3n) is 5.74. The van der Waals surface area contributed by atoms with Gasteiger partial charge in [0.25, 0.3) is 0 Å². The number of hydrogen-bond donors (Lipinski definition) is 1. The predicted molar refractivity (Wildman–Crippen MR) is 124 cm³/mol. The minimum Gasteiger partial charge on any atom is -0.490 e. The van der Waals surface area contributed by atoms with Gasteiger partial charge in [-0.15, -0.1) is 0 Å². The third-order valence-corrected chi connectivity index (χ3v) is 6.48. The van der Waals surface area contributed by atoms with Gasteiger partial charge in [0.05, 0.1) is 6.61 Å². The van der Waals surface area contributed by atoms with Crippen LogP contribution in [0.5, 0.6) is 11.5 Å². The van der Waals surface area contributed by atoms with Crippen LogP contribution < -0.4 is 14.8 Å². The Labute approximate surface area is 184 Å². The van der Waals surface area contributed by atoms with Crippen LogP contribution in [0.25, 0.3) is 0 Å². The van der Waals surface area contributed by atoms with Crippen LogP contribution in [0.15, 0.2) is 40.9 Å². The van der Waals surface area contributed by atoms with Gasteiger partial charge in [0.2, 0.25) is 0 Å².